The molecule has 1 rings (SSSR count). The lowest BCUT2D eigenvalue weighted by molar-refractivity contribution is -0.344. The van der Waals surface area contributed by atoms with Gasteiger partial charge >= 0.3 is 6.36 Å². The maximum Gasteiger partial charge on any atom is 0.524 e. The molecule has 0 aliphatic carbocycles. The van der Waals surface area contributed by atoms with Gasteiger partial charge in [0.05, 0.1) is 0 Å². The van der Waals surface area contributed by atoms with Gasteiger partial charge in [0.2, 0.25) is 0 Å². The van der Waals surface area contributed by atoms with E-state index in [4.69, 9.17) is 0 Å². The van der Waals surface area contributed by atoms with E-state index >= 15 is 0 Å². The predicted molar refractivity (Wildman–Crippen MR) is 28.2 cm³/mol. The highest BCUT2D eigenvalue weighted by Crippen LogP contribution is 2.21. The van der Waals surface area contributed by atoms with Crippen molar-refractivity contribution < 1.29 is 17.9 Å². The van der Waals surface area contributed by atoms with Crippen molar-refractivity contribution in [1.82, 2.24) is 5.32 Å². The zero-order valence-corrected chi connectivity index (χ0v) is 5.24. The number of ether oxygens (including phenoxy) is 1. The van der Waals surface area contributed by atoms with Gasteiger partial charge in [-0.05, 0) is 19.4 Å². The van der Waals surface area contributed by atoms with Crippen LogP contribution in [0.3, 0.4) is 0 Å². The fourth-order valence-corrected chi connectivity index (χ4v) is 0.914. The minimum Gasteiger partial charge on any atom is -0.292 e. The number of hydrogen-bond donors (Lipinski definition) is 1. The summed E-state index contributed by atoms with van der Waals surface area (Å²) in [6.07, 6.45) is -4.12. The molecule has 1 aliphatic heterocycles. The van der Waals surface area contributed by atoms with E-state index in [1.54, 1.807) is 0 Å². The zero-order chi connectivity index (χ0) is 7.61. The molecule has 1 heterocycles. The smallest absolute Gasteiger partial charge is 0.292 e. The van der Waals surface area contributed by atoms with Gasteiger partial charge in [-0.3, -0.25) is 10.1 Å². The van der Waals surface area contributed by atoms with Crippen LogP contribution in [0.2, 0.25) is 0 Å². The van der Waals surface area contributed by atoms with Gasteiger partial charge < -0.3 is 0 Å². The van der Waals surface area contributed by atoms with Crippen LogP contribution < -0.4 is 5.32 Å². The first kappa shape index (κ1) is 7.81. The molecule has 5 heteroatoms. The summed E-state index contributed by atoms with van der Waals surface area (Å²) in [7, 11) is 0. The lowest BCUT2D eigenvalue weighted by Crippen LogP contribution is -2.31. The van der Waals surface area contributed by atoms with Crippen molar-refractivity contribution >= 4 is 0 Å². The van der Waals surface area contributed by atoms with Crippen LogP contribution in [0.4, 0.5) is 13.2 Å². The van der Waals surface area contributed by atoms with Gasteiger partial charge in [-0.1, -0.05) is 0 Å². The number of halogens is 3. The molecule has 1 fully saturated rings. The van der Waals surface area contributed by atoms with Gasteiger partial charge in [-0.15, -0.1) is 13.2 Å². The van der Waals surface area contributed by atoms with Crippen molar-refractivity contribution in [3.8, 4) is 0 Å². The first-order valence-corrected chi connectivity index (χ1v) is 3.06. The molecule has 0 bridgehead atoms. The topological polar surface area (TPSA) is 21.3 Å². The van der Waals surface area contributed by atoms with E-state index in [0.29, 0.717) is 13.0 Å². The van der Waals surface area contributed by atoms with Crippen LogP contribution in [0.15, 0.2) is 0 Å². The Kier molecular flexibility index (Phi) is 2.15. The van der Waals surface area contributed by atoms with Gasteiger partial charge in [-0.25, -0.2) is 0 Å². The standard InChI is InChI=1S/C5H8F3NO/c6-5(7,8)10-4-2-1-3-9-4/h4,9H,1-3H2. The molecule has 0 amide bonds. The lowest BCUT2D eigenvalue weighted by Gasteiger charge is -2.13. The number of alkyl halides is 3. The Morgan fingerprint density at radius 3 is 2.50 bits per heavy atom. The molecule has 0 aromatic rings. The summed E-state index contributed by atoms with van der Waals surface area (Å²) < 4.78 is 38.0. The summed E-state index contributed by atoms with van der Waals surface area (Å²) in [5.41, 5.74) is 0. The molecule has 10 heavy (non-hydrogen) atoms. The maximum atomic E-state index is 11.4. The summed E-state index contributed by atoms with van der Waals surface area (Å²) in [4.78, 5) is 0. The van der Waals surface area contributed by atoms with E-state index in [2.05, 4.69) is 10.1 Å². The molecule has 1 N–H and O–H groups in total. The summed E-state index contributed by atoms with van der Waals surface area (Å²) in [6.45, 7) is 0.612. The predicted octanol–water partition coefficient (Wildman–Crippen LogP) is 1.23. The van der Waals surface area contributed by atoms with Crippen molar-refractivity contribution in [1.29, 1.82) is 0 Å². The van der Waals surface area contributed by atoms with Gasteiger partial charge in [0.1, 0.15) is 6.23 Å². The summed E-state index contributed by atoms with van der Waals surface area (Å²) in [5, 5.41) is 2.57. The summed E-state index contributed by atoms with van der Waals surface area (Å²) in [5.74, 6) is 0. The molecule has 1 atom stereocenters. The molecular weight excluding hydrogens is 147 g/mol. The number of nitrogens with one attached hydrogen (secondary N) is 1. The molecule has 1 aliphatic rings. The summed E-state index contributed by atoms with van der Waals surface area (Å²) in [6, 6.07) is 0. The van der Waals surface area contributed by atoms with E-state index in [-0.39, 0.29) is 0 Å². The van der Waals surface area contributed by atoms with E-state index in [1.165, 1.54) is 0 Å². The average molecular weight is 155 g/mol. The van der Waals surface area contributed by atoms with Crippen LogP contribution in [-0.2, 0) is 4.74 Å². The second kappa shape index (κ2) is 2.75. The third kappa shape index (κ3) is 2.53. The first-order chi connectivity index (χ1) is 4.58. The molecule has 1 unspecified atom stereocenters. The molecule has 1 saturated heterocycles. The fourth-order valence-electron chi connectivity index (χ4n) is 0.914. The zero-order valence-electron chi connectivity index (χ0n) is 5.24. The van der Waals surface area contributed by atoms with Gasteiger partial charge in [0.25, 0.3) is 0 Å². The summed E-state index contributed by atoms with van der Waals surface area (Å²) >= 11 is 0. The van der Waals surface area contributed by atoms with Gasteiger partial charge in [0, 0.05) is 0 Å². The van der Waals surface area contributed by atoms with Crippen LogP contribution in [0.25, 0.3) is 0 Å². The molecule has 0 aromatic carbocycles. The van der Waals surface area contributed by atoms with Gasteiger partial charge in [0.15, 0.2) is 0 Å². The van der Waals surface area contributed by atoms with Crippen LogP contribution in [-0.4, -0.2) is 19.1 Å². The van der Waals surface area contributed by atoms with E-state index in [1.807, 2.05) is 0 Å². The molecule has 2 nitrogen and oxygen atoms in total. The Bertz CT molecular complexity index is 108. The van der Waals surface area contributed by atoms with Crippen molar-refractivity contribution in [2.75, 3.05) is 6.54 Å². The monoisotopic (exact) mass is 155 g/mol. The van der Waals surface area contributed by atoms with Crippen molar-refractivity contribution in [2.45, 2.75) is 25.4 Å². The SMILES string of the molecule is FC(F)(F)OC1CCCN1. The minimum absolute atomic E-state index is 0.444. The van der Waals surface area contributed by atoms with Gasteiger partial charge in [-0.2, -0.15) is 0 Å². The van der Waals surface area contributed by atoms with Crippen LogP contribution in [0.1, 0.15) is 12.8 Å². The van der Waals surface area contributed by atoms with Crippen molar-refractivity contribution in [3.05, 3.63) is 0 Å². The first-order valence-electron chi connectivity index (χ1n) is 3.06. The Hall–Kier alpha value is -0.290. The maximum absolute atomic E-state index is 11.4. The third-order valence-corrected chi connectivity index (χ3v) is 1.29. The second-order valence-electron chi connectivity index (χ2n) is 2.15. The Morgan fingerprint density at radius 1 is 1.40 bits per heavy atom. The van der Waals surface area contributed by atoms with E-state index in [9.17, 15) is 13.2 Å². The molecule has 60 valence electrons. The van der Waals surface area contributed by atoms with Crippen molar-refractivity contribution in [2.24, 2.45) is 0 Å². The second-order valence-corrected chi connectivity index (χ2v) is 2.15. The average Bonchev–Trinajstić information content (AvgIpc) is 2.12. The Labute approximate surface area is 56.4 Å². The largest absolute Gasteiger partial charge is 0.524 e. The number of hydrogen-bond acceptors (Lipinski definition) is 2. The van der Waals surface area contributed by atoms with E-state index in [0.717, 1.165) is 6.42 Å². The highest BCUT2D eigenvalue weighted by Gasteiger charge is 2.34. The van der Waals surface area contributed by atoms with Crippen molar-refractivity contribution in [3.63, 3.8) is 0 Å². The quantitative estimate of drug-likeness (QED) is 0.615. The van der Waals surface area contributed by atoms with Crippen LogP contribution >= 0.6 is 0 Å². The normalized spacial score (nSPS) is 27.3. The highest BCUT2D eigenvalue weighted by atomic mass is 19.4. The van der Waals surface area contributed by atoms with Crippen LogP contribution in [0.5, 0.6) is 0 Å². The minimum atomic E-state index is -4.50. The molecule has 0 spiro atoms. The lowest BCUT2D eigenvalue weighted by atomic mass is 10.4. The molecule has 0 saturated carbocycles. The molecular formula is C5H8F3NO. The van der Waals surface area contributed by atoms with E-state index < -0.39 is 12.6 Å². The Balaban J connectivity index is 2.24. The molecule has 0 radical (unpaired) electrons. The van der Waals surface area contributed by atoms with Crippen LogP contribution in [0, 0.1) is 0 Å². The Morgan fingerprint density at radius 2 is 2.10 bits per heavy atom. The number of rotatable bonds is 1. The fraction of sp³-hybridized carbons (Fsp3) is 1.00. The third-order valence-electron chi connectivity index (χ3n) is 1.29. The highest BCUT2D eigenvalue weighted by molar-refractivity contribution is 4.65. The molecule has 0 aromatic heterocycles.